The number of hydrogen-bond acceptors (Lipinski definition) is 5. The standard InChI is InChI=1S/C11H17FN2O4S2/c1-7(6-19(3,15)16)14-20(17,18)11-5-9(13)4-10(12)8(11)2/h4-5,7,14H,6,13H2,1-3H3. The van der Waals surface area contributed by atoms with Crippen molar-refractivity contribution < 1.29 is 21.2 Å². The maximum Gasteiger partial charge on any atom is 0.241 e. The summed E-state index contributed by atoms with van der Waals surface area (Å²) in [4.78, 5) is -0.296. The number of halogens is 1. The third kappa shape index (κ3) is 4.43. The van der Waals surface area contributed by atoms with Gasteiger partial charge in [0, 0.05) is 23.5 Å². The smallest absolute Gasteiger partial charge is 0.241 e. The van der Waals surface area contributed by atoms with Crippen molar-refractivity contribution in [3.05, 3.63) is 23.5 Å². The third-order valence-corrected chi connectivity index (χ3v) is 5.34. The molecule has 0 radical (unpaired) electrons. The normalized spacial score (nSPS) is 14.2. The number of nitrogens with one attached hydrogen (secondary N) is 1. The number of nitrogen functional groups attached to an aromatic ring is 1. The molecule has 0 fully saturated rings. The number of benzene rings is 1. The van der Waals surface area contributed by atoms with Crippen LogP contribution in [0.3, 0.4) is 0 Å². The van der Waals surface area contributed by atoms with Crippen molar-refractivity contribution in [3.8, 4) is 0 Å². The van der Waals surface area contributed by atoms with Crippen molar-refractivity contribution in [2.45, 2.75) is 24.8 Å². The Bertz CT molecular complexity index is 714. The molecule has 1 aromatic rings. The van der Waals surface area contributed by atoms with Gasteiger partial charge in [-0.05, 0) is 26.0 Å². The van der Waals surface area contributed by atoms with Crippen LogP contribution in [0, 0.1) is 12.7 Å². The SMILES string of the molecule is Cc1c(F)cc(N)cc1S(=O)(=O)NC(C)CS(C)(=O)=O. The third-order valence-electron chi connectivity index (χ3n) is 2.52. The summed E-state index contributed by atoms with van der Waals surface area (Å²) in [6, 6.07) is 1.32. The molecule has 6 nitrogen and oxygen atoms in total. The van der Waals surface area contributed by atoms with Gasteiger partial charge in [-0.2, -0.15) is 0 Å². The van der Waals surface area contributed by atoms with Crippen LogP contribution in [0.5, 0.6) is 0 Å². The van der Waals surface area contributed by atoms with Crippen LogP contribution < -0.4 is 10.5 Å². The Morgan fingerprint density at radius 3 is 2.35 bits per heavy atom. The van der Waals surface area contributed by atoms with E-state index in [2.05, 4.69) is 4.72 Å². The van der Waals surface area contributed by atoms with Gasteiger partial charge in [0.2, 0.25) is 10.0 Å². The minimum atomic E-state index is -4.04. The van der Waals surface area contributed by atoms with E-state index in [0.29, 0.717) is 0 Å². The topological polar surface area (TPSA) is 106 Å². The highest BCUT2D eigenvalue weighted by atomic mass is 32.2. The van der Waals surface area contributed by atoms with Gasteiger partial charge in [-0.3, -0.25) is 0 Å². The number of hydrogen-bond donors (Lipinski definition) is 2. The first-order valence-corrected chi connectivity index (χ1v) is 9.22. The summed E-state index contributed by atoms with van der Waals surface area (Å²) in [5.74, 6) is -1.09. The van der Waals surface area contributed by atoms with Crippen molar-refractivity contribution in [1.82, 2.24) is 4.72 Å². The van der Waals surface area contributed by atoms with E-state index in [4.69, 9.17) is 5.73 Å². The lowest BCUT2D eigenvalue weighted by atomic mass is 10.2. The zero-order chi connectivity index (χ0) is 15.7. The van der Waals surface area contributed by atoms with Crippen molar-refractivity contribution in [1.29, 1.82) is 0 Å². The summed E-state index contributed by atoms with van der Waals surface area (Å²) in [6.45, 7) is 2.72. The summed E-state index contributed by atoms with van der Waals surface area (Å²) in [5, 5.41) is 0. The molecule has 1 atom stereocenters. The highest BCUT2D eigenvalue weighted by molar-refractivity contribution is 7.91. The number of anilines is 1. The summed E-state index contributed by atoms with van der Waals surface area (Å²) in [5.41, 5.74) is 5.33. The lowest BCUT2D eigenvalue weighted by Crippen LogP contribution is -2.37. The van der Waals surface area contributed by atoms with E-state index in [1.165, 1.54) is 13.8 Å². The average molecular weight is 324 g/mol. The molecule has 0 aliphatic carbocycles. The fourth-order valence-corrected chi connectivity index (χ4v) is 4.40. The molecule has 0 saturated heterocycles. The van der Waals surface area contributed by atoms with Crippen LogP contribution in [0.1, 0.15) is 12.5 Å². The second-order valence-electron chi connectivity index (χ2n) is 4.74. The van der Waals surface area contributed by atoms with E-state index in [1.807, 2.05) is 0 Å². The van der Waals surface area contributed by atoms with Crippen molar-refractivity contribution in [2.75, 3.05) is 17.7 Å². The molecule has 3 N–H and O–H groups in total. The summed E-state index contributed by atoms with van der Waals surface area (Å²) in [7, 11) is -7.37. The summed E-state index contributed by atoms with van der Waals surface area (Å²) >= 11 is 0. The zero-order valence-corrected chi connectivity index (χ0v) is 13.0. The number of sulfonamides is 1. The second kappa shape index (κ2) is 5.66. The van der Waals surface area contributed by atoms with Crippen LogP contribution in [0.2, 0.25) is 0 Å². The minimum absolute atomic E-state index is 0.0239. The summed E-state index contributed by atoms with van der Waals surface area (Å²) < 4.78 is 62.2. The predicted molar refractivity (Wildman–Crippen MR) is 75.0 cm³/mol. The van der Waals surface area contributed by atoms with Gasteiger partial charge in [0.25, 0.3) is 0 Å². The largest absolute Gasteiger partial charge is 0.399 e. The Morgan fingerprint density at radius 2 is 1.85 bits per heavy atom. The van der Waals surface area contributed by atoms with Gasteiger partial charge in [-0.25, -0.2) is 25.9 Å². The fraction of sp³-hybridized carbons (Fsp3) is 0.455. The van der Waals surface area contributed by atoms with E-state index in [-0.39, 0.29) is 21.9 Å². The lowest BCUT2D eigenvalue weighted by Gasteiger charge is -2.15. The van der Waals surface area contributed by atoms with Gasteiger partial charge in [-0.15, -0.1) is 0 Å². The Hall–Kier alpha value is -1.19. The molecule has 0 amide bonds. The van der Waals surface area contributed by atoms with Crippen molar-refractivity contribution in [2.24, 2.45) is 0 Å². The van der Waals surface area contributed by atoms with Crippen LogP contribution in [0.25, 0.3) is 0 Å². The van der Waals surface area contributed by atoms with Crippen LogP contribution in [0.15, 0.2) is 17.0 Å². The van der Waals surface area contributed by atoms with Crippen LogP contribution >= 0.6 is 0 Å². The molecule has 114 valence electrons. The molecule has 0 aliphatic rings. The summed E-state index contributed by atoms with van der Waals surface area (Å²) in [6.07, 6.45) is 1.00. The average Bonchev–Trinajstić information content (AvgIpc) is 2.19. The minimum Gasteiger partial charge on any atom is -0.399 e. The molecular formula is C11H17FN2O4S2. The quantitative estimate of drug-likeness (QED) is 0.764. The maximum atomic E-state index is 13.5. The first-order chi connectivity index (χ1) is 8.92. The molecule has 1 rings (SSSR count). The van der Waals surface area contributed by atoms with Gasteiger partial charge < -0.3 is 5.73 Å². The molecule has 0 saturated carbocycles. The highest BCUT2D eigenvalue weighted by Crippen LogP contribution is 2.21. The molecule has 1 unspecified atom stereocenters. The van der Waals surface area contributed by atoms with E-state index in [1.54, 1.807) is 0 Å². The Labute approximate surface area is 118 Å². The van der Waals surface area contributed by atoms with E-state index >= 15 is 0 Å². The van der Waals surface area contributed by atoms with Gasteiger partial charge in [0.05, 0.1) is 10.6 Å². The number of sulfone groups is 1. The van der Waals surface area contributed by atoms with Gasteiger partial charge >= 0.3 is 0 Å². The molecule has 0 aromatic heterocycles. The van der Waals surface area contributed by atoms with Crippen molar-refractivity contribution in [3.63, 3.8) is 0 Å². The van der Waals surface area contributed by atoms with Gasteiger partial charge in [0.1, 0.15) is 15.7 Å². The highest BCUT2D eigenvalue weighted by Gasteiger charge is 2.23. The van der Waals surface area contributed by atoms with Crippen LogP contribution in [-0.4, -0.2) is 34.9 Å². The van der Waals surface area contributed by atoms with E-state index in [9.17, 15) is 21.2 Å². The number of nitrogens with two attached hydrogens (primary N) is 1. The molecule has 0 bridgehead atoms. The molecule has 9 heteroatoms. The van der Waals surface area contributed by atoms with Gasteiger partial charge in [0.15, 0.2) is 0 Å². The Morgan fingerprint density at radius 1 is 1.30 bits per heavy atom. The zero-order valence-electron chi connectivity index (χ0n) is 11.3. The first kappa shape index (κ1) is 16.9. The Kier molecular flexibility index (Phi) is 4.78. The van der Waals surface area contributed by atoms with E-state index in [0.717, 1.165) is 18.4 Å². The predicted octanol–water partition coefficient (Wildman–Crippen LogP) is 0.428. The number of rotatable bonds is 5. The van der Waals surface area contributed by atoms with Crippen LogP contribution in [0.4, 0.5) is 10.1 Å². The first-order valence-electron chi connectivity index (χ1n) is 5.68. The van der Waals surface area contributed by atoms with Crippen molar-refractivity contribution >= 4 is 25.5 Å². The maximum absolute atomic E-state index is 13.5. The second-order valence-corrected chi connectivity index (χ2v) is 8.61. The molecule has 0 spiro atoms. The monoisotopic (exact) mass is 324 g/mol. The van der Waals surface area contributed by atoms with Crippen LogP contribution in [-0.2, 0) is 19.9 Å². The molecular weight excluding hydrogens is 307 g/mol. The van der Waals surface area contributed by atoms with Gasteiger partial charge in [-0.1, -0.05) is 0 Å². The molecule has 0 aliphatic heterocycles. The Balaban J connectivity index is 3.13. The van der Waals surface area contributed by atoms with E-state index < -0.39 is 31.7 Å². The molecule has 20 heavy (non-hydrogen) atoms. The molecule has 0 heterocycles. The molecule has 1 aromatic carbocycles. The lowest BCUT2D eigenvalue weighted by molar-refractivity contribution is 0.560. The fourth-order valence-electron chi connectivity index (χ4n) is 1.77.